The second-order valence-corrected chi connectivity index (χ2v) is 7.30. The van der Waals surface area contributed by atoms with E-state index in [1.807, 2.05) is 0 Å². The molecule has 1 rings (SSSR count). The molecule has 158 valence electrons. The smallest absolute Gasteiger partial charge is 0.339 e. The Bertz CT molecular complexity index is 586. The van der Waals surface area contributed by atoms with Crippen LogP contribution in [0, 0.1) is 0 Å². The highest BCUT2D eigenvalue weighted by atomic mass is 16.5. The van der Waals surface area contributed by atoms with E-state index in [0.29, 0.717) is 24.5 Å². The first-order valence-corrected chi connectivity index (χ1v) is 10.9. The number of carboxylic acid groups (broad SMARTS) is 1. The first kappa shape index (κ1) is 24.0. The molecule has 5 nitrogen and oxygen atoms in total. The molecule has 0 radical (unpaired) electrons. The maximum absolute atomic E-state index is 12.3. The zero-order valence-corrected chi connectivity index (χ0v) is 17.6. The van der Waals surface area contributed by atoms with Crippen molar-refractivity contribution in [2.24, 2.45) is 0 Å². The van der Waals surface area contributed by atoms with Gasteiger partial charge in [0.1, 0.15) is 11.3 Å². The summed E-state index contributed by atoms with van der Waals surface area (Å²) >= 11 is 0. The van der Waals surface area contributed by atoms with Gasteiger partial charge in [0, 0.05) is 12.1 Å². The average molecular weight is 392 g/mol. The maximum Gasteiger partial charge on any atom is 0.339 e. The predicted octanol–water partition coefficient (Wildman–Crippen LogP) is 5.82. The van der Waals surface area contributed by atoms with Crippen LogP contribution >= 0.6 is 0 Å². The lowest BCUT2D eigenvalue weighted by Crippen LogP contribution is -2.24. The molecule has 0 unspecified atom stereocenters. The second kappa shape index (κ2) is 14.9. The number of hydrogen-bond acceptors (Lipinski definition) is 3. The van der Waals surface area contributed by atoms with Gasteiger partial charge in [-0.1, -0.05) is 71.6 Å². The third-order valence-electron chi connectivity index (χ3n) is 4.79. The van der Waals surface area contributed by atoms with Crippen LogP contribution in [0.4, 0.5) is 0 Å². The van der Waals surface area contributed by atoms with E-state index in [4.69, 9.17) is 4.74 Å². The van der Waals surface area contributed by atoms with Crippen molar-refractivity contribution in [2.45, 2.75) is 84.5 Å². The molecule has 0 atom stereocenters. The van der Waals surface area contributed by atoms with Gasteiger partial charge in [0.2, 0.25) is 0 Å². The Balaban J connectivity index is 2.46. The first-order chi connectivity index (χ1) is 13.6. The van der Waals surface area contributed by atoms with Crippen LogP contribution in [0.5, 0.6) is 5.75 Å². The summed E-state index contributed by atoms with van der Waals surface area (Å²) < 4.78 is 5.65. The molecule has 0 saturated carbocycles. The molecule has 0 saturated heterocycles. The van der Waals surface area contributed by atoms with Gasteiger partial charge in [-0.2, -0.15) is 0 Å². The molecule has 0 aliphatic heterocycles. The molecule has 5 heteroatoms. The van der Waals surface area contributed by atoms with Crippen LogP contribution in [-0.2, 0) is 0 Å². The molecule has 0 spiro atoms. The fourth-order valence-electron chi connectivity index (χ4n) is 3.06. The highest BCUT2D eigenvalue weighted by Crippen LogP contribution is 2.21. The zero-order chi connectivity index (χ0) is 20.6. The minimum Gasteiger partial charge on any atom is -0.493 e. The Kier molecular flexibility index (Phi) is 12.8. The Morgan fingerprint density at radius 3 is 2.14 bits per heavy atom. The Morgan fingerprint density at radius 1 is 0.893 bits per heavy atom. The van der Waals surface area contributed by atoms with Crippen LogP contribution in [-0.4, -0.2) is 30.1 Å². The molecule has 1 aromatic carbocycles. The predicted molar refractivity (Wildman–Crippen MR) is 113 cm³/mol. The molecule has 0 aliphatic carbocycles. The Morgan fingerprint density at radius 2 is 1.50 bits per heavy atom. The van der Waals surface area contributed by atoms with Gasteiger partial charge >= 0.3 is 5.97 Å². The number of amides is 1. The van der Waals surface area contributed by atoms with Crippen LogP contribution in [0.2, 0.25) is 0 Å². The summed E-state index contributed by atoms with van der Waals surface area (Å²) in [6.45, 7) is 5.47. The summed E-state index contributed by atoms with van der Waals surface area (Å²) in [6.07, 6.45) is 12.5. The fraction of sp³-hybridized carbons (Fsp3) is 0.652. The number of carboxylic acids is 1. The van der Waals surface area contributed by atoms with Gasteiger partial charge in [-0.15, -0.1) is 0 Å². The number of hydrogen-bond donors (Lipinski definition) is 2. The van der Waals surface area contributed by atoms with E-state index in [-0.39, 0.29) is 11.5 Å². The lowest BCUT2D eigenvalue weighted by molar-refractivity contribution is 0.0692. The number of aromatic carboxylic acids is 1. The van der Waals surface area contributed by atoms with E-state index in [1.54, 1.807) is 12.1 Å². The second-order valence-electron chi connectivity index (χ2n) is 7.30. The molecule has 0 aliphatic rings. The van der Waals surface area contributed by atoms with Crippen LogP contribution < -0.4 is 10.1 Å². The molecule has 28 heavy (non-hydrogen) atoms. The highest BCUT2D eigenvalue weighted by molar-refractivity contribution is 5.98. The average Bonchev–Trinajstić information content (AvgIpc) is 2.69. The van der Waals surface area contributed by atoms with E-state index in [2.05, 4.69) is 19.2 Å². The summed E-state index contributed by atoms with van der Waals surface area (Å²) in [5.41, 5.74) is 0.402. The number of rotatable bonds is 16. The summed E-state index contributed by atoms with van der Waals surface area (Å²) in [5, 5.41) is 12.3. The van der Waals surface area contributed by atoms with E-state index in [1.165, 1.54) is 51.0 Å². The van der Waals surface area contributed by atoms with Gasteiger partial charge in [-0.3, -0.25) is 4.79 Å². The van der Waals surface area contributed by atoms with E-state index >= 15 is 0 Å². The van der Waals surface area contributed by atoms with E-state index < -0.39 is 5.97 Å². The maximum atomic E-state index is 12.3. The lowest BCUT2D eigenvalue weighted by Gasteiger charge is -2.11. The minimum atomic E-state index is -1.08. The summed E-state index contributed by atoms with van der Waals surface area (Å²) in [4.78, 5) is 23.8. The molecule has 2 N–H and O–H groups in total. The van der Waals surface area contributed by atoms with Crippen molar-refractivity contribution in [3.63, 3.8) is 0 Å². The van der Waals surface area contributed by atoms with Gasteiger partial charge in [0.05, 0.1) is 6.61 Å². The lowest BCUT2D eigenvalue weighted by atomic mass is 10.1. The molecule has 1 amide bonds. The number of benzene rings is 1. The van der Waals surface area contributed by atoms with Gasteiger partial charge in [0.25, 0.3) is 5.91 Å². The SMILES string of the molecule is CCCCCCCCNC(=O)c1ccc(OCCCCCCC)c(C(=O)O)c1. The quantitative estimate of drug-likeness (QED) is 0.348. The Hall–Kier alpha value is -2.04. The van der Waals surface area contributed by atoms with Gasteiger partial charge in [0.15, 0.2) is 0 Å². The number of nitrogens with one attached hydrogen (secondary N) is 1. The van der Waals surface area contributed by atoms with Crippen LogP contribution in [0.1, 0.15) is 105 Å². The first-order valence-electron chi connectivity index (χ1n) is 10.9. The number of carbonyl (C=O) groups is 2. The minimum absolute atomic E-state index is 0.0424. The summed E-state index contributed by atoms with van der Waals surface area (Å²) in [5.74, 6) is -0.982. The third-order valence-corrected chi connectivity index (χ3v) is 4.79. The van der Waals surface area contributed by atoms with Crippen LogP contribution in [0.25, 0.3) is 0 Å². The highest BCUT2D eigenvalue weighted by Gasteiger charge is 2.15. The van der Waals surface area contributed by atoms with Crippen molar-refractivity contribution in [3.8, 4) is 5.75 Å². The molecule has 0 heterocycles. The van der Waals surface area contributed by atoms with Gasteiger partial charge in [-0.05, 0) is 31.0 Å². The molecule has 0 fully saturated rings. The van der Waals surface area contributed by atoms with Gasteiger partial charge < -0.3 is 15.2 Å². The normalized spacial score (nSPS) is 10.6. The molecule has 0 bridgehead atoms. The number of unbranched alkanes of at least 4 members (excludes halogenated alkanes) is 9. The third kappa shape index (κ3) is 9.77. The van der Waals surface area contributed by atoms with Crippen molar-refractivity contribution in [1.82, 2.24) is 5.32 Å². The summed E-state index contributed by atoms with van der Waals surface area (Å²) in [6, 6.07) is 4.63. The molecular formula is C23H37NO4. The van der Waals surface area contributed by atoms with Crippen LogP contribution in [0.3, 0.4) is 0 Å². The van der Waals surface area contributed by atoms with E-state index in [9.17, 15) is 14.7 Å². The zero-order valence-electron chi connectivity index (χ0n) is 17.6. The van der Waals surface area contributed by atoms with Crippen molar-refractivity contribution in [2.75, 3.05) is 13.2 Å². The molecular weight excluding hydrogens is 354 g/mol. The fourth-order valence-corrected chi connectivity index (χ4v) is 3.06. The summed E-state index contributed by atoms with van der Waals surface area (Å²) in [7, 11) is 0. The van der Waals surface area contributed by atoms with Crippen LogP contribution in [0.15, 0.2) is 18.2 Å². The molecule has 1 aromatic rings. The standard InChI is InChI=1S/C23H37NO4/c1-3-5-7-9-10-12-16-24-22(25)19-14-15-21(20(18-19)23(26)27)28-17-13-11-8-6-4-2/h14-15,18H,3-13,16-17H2,1-2H3,(H,24,25)(H,26,27). The van der Waals surface area contributed by atoms with E-state index in [0.717, 1.165) is 25.7 Å². The number of ether oxygens (including phenoxy) is 1. The van der Waals surface area contributed by atoms with Crippen molar-refractivity contribution in [3.05, 3.63) is 29.3 Å². The topological polar surface area (TPSA) is 75.6 Å². The van der Waals surface area contributed by atoms with Crippen molar-refractivity contribution < 1.29 is 19.4 Å². The van der Waals surface area contributed by atoms with Crippen molar-refractivity contribution >= 4 is 11.9 Å². The largest absolute Gasteiger partial charge is 0.493 e. The Labute approximate surface area is 169 Å². The monoisotopic (exact) mass is 391 g/mol. The van der Waals surface area contributed by atoms with Gasteiger partial charge in [-0.25, -0.2) is 4.79 Å². The number of carbonyl (C=O) groups excluding carboxylic acids is 1. The van der Waals surface area contributed by atoms with Crippen molar-refractivity contribution in [1.29, 1.82) is 0 Å². The molecule has 0 aromatic heterocycles.